The van der Waals surface area contributed by atoms with E-state index in [1.54, 1.807) is 0 Å². The van der Waals surface area contributed by atoms with E-state index in [9.17, 15) is 8.78 Å². The number of likely N-dealkylation sites (tertiary alicyclic amines) is 1. The molecule has 3 nitrogen and oxygen atoms in total. The normalized spacial score (nSPS) is 19.5. The van der Waals surface area contributed by atoms with Crippen molar-refractivity contribution in [2.45, 2.75) is 31.6 Å². The van der Waals surface area contributed by atoms with Crippen LogP contribution in [0.15, 0.2) is 12.4 Å². The molecule has 0 N–H and O–H groups in total. The summed E-state index contributed by atoms with van der Waals surface area (Å²) < 4.78 is 26.0. The largest absolute Gasteiger partial charge is 0.306 e. The van der Waals surface area contributed by atoms with E-state index in [2.05, 4.69) is 21.9 Å². The molecule has 1 aliphatic rings. The molecular formula is C12H17F2N3. The maximum atomic E-state index is 13.0. The van der Waals surface area contributed by atoms with Crippen molar-refractivity contribution in [1.29, 1.82) is 0 Å². The van der Waals surface area contributed by atoms with E-state index in [0.29, 0.717) is 11.7 Å². The fourth-order valence-electron chi connectivity index (χ4n) is 2.04. The fourth-order valence-corrected chi connectivity index (χ4v) is 2.04. The number of alkyl halides is 2. The van der Waals surface area contributed by atoms with Gasteiger partial charge in [-0.2, -0.15) is 0 Å². The van der Waals surface area contributed by atoms with Crippen LogP contribution < -0.4 is 0 Å². The Bertz CT molecular complexity index is 364. The molecule has 0 saturated carbocycles. The van der Waals surface area contributed by atoms with Crippen molar-refractivity contribution in [1.82, 2.24) is 14.9 Å². The number of nitrogens with zero attached hydrogens (tertiary/aromatic N) is 3. The van der Waals surface area contributed by atoms with Crippen LogP contribution in [0, 0.1) is 0 Å². The predicted octanol–water partition coefficient (Wildman–Crippen LogP) is 2.40. The summed E-state index contributed by atoms with van der Waals surface area (Å²) in [7, 11) is 2.08. The molecular weight excluding hydrogens is 224 g/mol. The molecule has 0 bridgehead atoms. The SMILES string of the molecule is CN1CCC(c2ncc(C(C)(F)F)cn2)CC1. The van der Waals surface area contributed by atoms with Gasteiger partial charge >= 0.3 is 0 Å². The molecule has 0 aliphatic carbocycles. The Kier molecular flexibility index (Phi) is 3.38. The maximum Gasteiger partial charge on any atom is 0.273 e. The van der Waals surface area contributed by atoms with E-state index in [1.165, 1.54) is 12.4 Å². The van der Waals surface area contributed by atoms with Gasteiger partial charge in [0.15, 0.2) is 0 Å². The van der Waals surface area contributed by atoms with Crippen molar-refractivity contribution in [3.05, 3.63) is 23.8 Å². The lowest BCUT2D eigenvalue weighted by Gasteiger charge is -2.27. The Morgan fingerprint density at radius 2 is 1.76 bits per heavy atom. The van der Waals surface area contributed by atoms with Crippen LogP contribution in [0.2, 0.25) is 0 Å². The topological polar surface area (TPSA) is 29.0 Å². The summed E-state index contributed by atoms with van der Waals surface area (Å²) in [5.41, 5.74) is -0.117. The Morgan fingerprint density at radius 3 is 2.24 bits per heavy atom. The maximum absolute atomic E-state index is 13.0. The van der Waals surface area contributed by atoms with Crippen LogP contribution in [-0.2, 0) is 5.92 Å². The summed E-state index contributed by atoms with van der Waals surface area (Å²) in [6.45, 7) is 2.89. The van der Waals surface area contributed by atoms with Crippen LogP contribution >= 0.6 is 0 Å². The van der Waals surface area contributed by atoms with Crippen LogP contribution in [0.3, 0.4) is 0 Å². The van der Waals surface area contributed by atoms with Gasteiger partial charge in [0.2, 0.25) is 0 Å². The third-order valence-electron chi connectivity index (χ3n) is 3.26. The second kappa shape index (κ2) is 4.64. The van der Waals surface area contributed by atoms with Crippen molar-refractivity contribution in [3.8, 4) is 0 Å². The molecule has 1 saturated heterocycles. The van der Waals surface area contributed by atoms with Gasteiger partial charge in [0.25, 0.3) is 5.92 Å². The van der Waals surface area contributed by atoms with Crippen molar-refractivity contribution >= 4 is 0 Å². The van der Waals surface area contributed by atoms with Crippen molar-refractivity contribution in [3.63, 3.8) is 0 Å². The molecule has 0 aromatic carbocycles. The van der Waals surface area contributed by atoms with Crippen molar-refractivity contribution in [2.75, 3.05) is 20.1 Å². The Labute approximate surface area is 99.9 Å². The van der Waals surface area contributed by atoms with E-state index < -0.39 is 5.92 Å². The van der Waals surface area contributed by atoms with Crippen LogP contribution in [0.1, 0.15) is 37.1 Å². The first-order valence-electron chi connectivity index (χ1n) is 5.85. The highest BCUT2D eigenvalue weighted by molar-refractivity contribution is 5.12. The van der Waals surface area contributed by atoms with E-state index in [1.807, 2.05) is 0 Å². The van der Waals surface area contributed by atoms with Crippen LogP contribution in [0.5, 0.6) is 0 Å². The molecule has 5 heteroatoms. The summed E-state index contributed by atoms with van der Waals surface area (Å²) in [5.74, 6) is -1.84. The zero-order valence-corrected chi connectivity index (χ0v) is 10.2. The zero-order valence-electron chi connectivity index (χ0n) is 10.2. The lowest BCUT2D eigenvalue weighted by molar-refractivity contribution is 0.0166. The van der Waals surface area contributed by atoms with Gasteiger partial charge in [-0.3, -0.25) is 0 Å². The van der Waals surface area contributed by atoms with Crippen LogP contribution in [0.25, 0.3) is 0 Å². The molecule has 94 valence electrons. The molecule has 0 radical (unpaired) electrons. The van der Waals surface area contributed by atoms with E-state index in [0.717, 1.165) is 32.9 Å². The molecule has 1 aliphatic heterocycles. The van der Waals surface area contributed by atoms with Gasteiger partial charge in [0.1, 0.15) is 5.82 Å². The van der Waals surface area contributed by atoms with Gasteiger partial charge in [-0.25, -0.2) is 18.7 Å². The van der Waals surface area contributed by atoms with Gasteiger partial charge in [0.05, 0.1) is 5.56 Å². The summed E-state index contributed by atoms with van der Waals surface area (Å²) >= 11 is 0. The summed E-state index contributed by atoms with van der Waals surface area (Å²) in [6, 6.07) is 0. The first-order valence-corrected chi connectivity index (χ1v) is 5.85. The molecule has 2 heterocycles. The molecule has 0 amide bonds. The minimum absolute atomic E-state index is 0.117. The third-order valence-corrected chi connectivity index (χ3v) is 3.26. The number of halogens is 2. The number of aromatic nitrogens is 2. The fraction of sp³-hybridized carbons (Fsp3) is 0.667. The van der Waals surface area contributed by atoms with Gasteiger partial charge < -0.3 is 4.90 Å². The molecule has 0 unspecified atom stereocenters. The monoisotopic (exact) mass is 241 g/mol. The molecule has 0 spiro atoms. The smallest absolute Gasteiger partial charge is 0.273 e. The number of piperidine rings is 1. The molecule has 0 atom stereocenters. The average Bonchev–Trinajstić information content (AvgIpc) is 2.29. The first-order chi connectivity index (χ1) is 7.97. The van der Waals surface area contributed by atoms with Gasteiger partial charge in [0, 0.05) is 25.2 Å². The highest BCUT2D eigenvalue weighted by Gasteiger charge is 2.26. The van der Waals surface area contributed by atoms with E-state index in [4.69, 9.17) is 0 Å². The third kappa shape index (κ3) is 2.97. The lowest BCUT2D eigenvalue weighted by Crippen LogP contribution is -2.30. The number of rotatable bonds is 2. The van der Waals surface area contributed by atoms with Crippen molar-refractivity contribution in [2.24, 2.45) is 0 Å². The Morgan fingerprint density at radius 1 is 1.24 bits per heavy atom. The average molecular weight is 241 g/mol. The minimum Gasteiger partial charge on any atom is -0.306 e. The van der Waals surface area contributed by atoms with Crippen LogP contribution in [-0.4, -0.2) is 35.0 Å². The Hall–Kier alpha value is -1.10. The number of hydrogen-bond donors (Lipinski definition) is 0. The highest BCUT2D eigenvalue weighted by Crippen LogP contribution is 2.28. The summed E-state index contributed by atoms with van der Waals surface area (Å²) in [5, 5.41) is 0. The molecule has 1 aromatic heterocycles. The standard InChI is InChI=1S/C12H17F2N3/c1-12(13,14)10-7-15-11(16-8-10)9-3-5-17(2)6-4-9/h7-9H,3-6H2,1-2H3. The quantitative estimate of drug-likeness (QED) is 0.796. The second-order valence-electron chi connectivity index (χ2n) is 4.80. The summed E-state index contributed by atoms with van der Waals surface area (Å²) in [4.78, 5) is 10.4. The number of hydrogen-bond acceptors (Lipinski definition) is 3. The molecule has 2 rings (SSSR count). The molecule has 1 fully saturated rings. The molecule has 1 aromatic rings. The highest BCUT2D eigenvalue weighted by atomic mass is 19.3. The lowest BCUT2D eigenvalue weighted by atomic mass is 9.96. The molecule has 17 heavy (non-hydrogen) atoms. The van der Waals surface area contributed by atoms with Gasteiger partial charge in [-0.15, -0.1) is 0 Å². The first kappa shape index (κ1) is 12.4. The Balaban J connectivity index is 2.08. The van der Waals surface area contributed by atoms with E-state index in [-0.39, 0.29) is 5.56 Å². The summed E-state index contributed by atoms with van der Waals surface area (Å²) in [6.07, 6.45) is 4.50. The van der Waals surface area contributed by atoms with Crippen molar-refractivity contribution < 1.29 is 8.78 Å². The van der Waals surface area contributed by atoms with Crippen LogP contribution in [0.4, 0.5) is 8.78 Å². The second-order valence-corrected chi connectivity index (χ2v) is 4.80. The van der Waals surface area contributed by atoms with Gasteiger partial charge in [-0.1, -0.05) is 0 Å². The van der Waals surface area contributed by atoms with Gasteiger partial charge in [-0.05, 0) is 33.0 Å². The predicted molar refractivity (Wildman–Crippen MR) is 61.1 cm³/mol. The minimum atomic E-state index is -2.86. The zero-order chi connectivity index (χ0) is 12.5. The van der Waals surface area contributed by atoms with E-state index >= 15 is 0 Å².